The largest absolute Gasteiger partial charge is 0.484 e. The first-order chi connectivity index (χ1) is 15.2. The number of anilines is 1. The summed E-state index contributed by atoms with van der Waals surface area (Å²) in [7, 11) is 0. The third-order valence-corrected chi connectivity index (χ3v) is 6.01. The SMILES string of the molecule is CCCCCCN(CCN1CCOCC1)C(=O)COc1ccc(N2CCCC2=O)cc1. The van der Waals surface area contributed by atoms with E-state index in [2.05, 4.69) is 11.8 Å². The average Bonchev–Trinajstić information content (AvgIpc) is 3.24. The highest BCUT2D eigenvalue weighted by Gasteiger charge is 2.21. The Morgan fingerprint density at radius 2 is 1.84 bits per heavy atom. The van der Waals surface area contributed by atoms with Gasteiger partial charge in [0.05, 0.1) is 13.2 Å². The summed E-state index contributed by atoms with van der Waals surface area (Å²) in [5.74, 6) is 0.856. The number of rotatable bonds is 12. The van der Waals surface area contributed by atoms with E-state index in [1.165, 1.54) is 12.8 Å². The molecule has 2 saturated heterocycles. The minimum atomic E-state index is 0.0311. The highest BCUT2D eigenvalue weighted by Crippen LogP contribution is 2.24. The molecule has 2 fully saturated rings. The topological polar surface area (TPSA) is 62.3 Å². The van der Waals surface area contributed by atoms with Crippen LogP contribution in [0.1, 0.15) is 45.4 Å². The van der Waals surface area contributed by atoms with Crippen LogP contribution in [0.2, 0.25) is 0 Å². The number of carbonyl (C=O) groups is 2. The third-order valence-electron chi connectivity index (χ3n) is 6.01. The van der Waals surface area contributed by atoms with E-state index in [0.29, 0.717) is 12.2 Å². The minimum absolute atomic E-state index is 0.0311. The van der Waals surface area contributed by atoms with Crippen molar-refractivity contribution < 1.29 is 19.1 Å². The molecule has 0 N–H and O–H groups in total. The van der Waals surface area contributed by atoms with E-state index in [1.54, 1.807) is 4.90 Å². The fraction of sp³-hybridized carbons (Fsp3) is 0.667. The van der Waals surface area contributed by atoms with Gasteiger partial charge in [-0.2, -0.15) is 0 Å². The molecule has 7 nitrogen and oxygen atoms in total. The highest BCUT2D eigenvalue weighted by atomic mass is 16.5. The fourth-order valence-electron chi connectivity index (χ4n) is 4.06. The summed E-state index contributed by atoms with van der Waals surface area (Å²) < 4.78 is 11.2. The second kappa shape index (κ2) is 12.7. The predicted octanol–water partition coefficient (Wildman–Crippen LogP) is 2.93. The standard InChI is InChI=1S/C24H37N3O4/c1-2-3-4-5-12-26(15-14-25-16-18-30-19-17-25)24(29)20-31-22-10-8-21(9-11-22)27-13-6-7-23(27)28/h8-11H,2-7,12-20H2,1H3. The maximum atomic E-state index is 12.9. The zero-order valence-corrected chi connectivity index (χ0v) is 18.9. The van der Waals surface area contributed by atoms with Crippen molar-refractivity contribution in [3.05, 3.63) is 24.3 Å². The lowest BCUT2D eigenvalue weighted by Gasteiger charge is -2.30. The molecule has 0 aromatic heterocycles. The molecule has 0 aliphatic carbocycles. The van der Waals surface area contributed by atoms with Crippen molar-refractivity contribution in [1.29, 1.82) is 0 Å². The average molecular weight is 432 g/mol. The first-order valence-corrected chi connectivity index (χ1v) is 11.8. The van der Waals surface area contributed by atoms with Gasteiger partial charge in [0.15, 0.2) is 6.61 Å². The summed E-state index contributed by atoms with van der Waals surface area (Å²) in [6, 6.07) is 7.47. The van der Waals surface area contributed by atoms with Gasteiger partial charge in [0, 0.05) is 51.4 Å². The molecule has 2 aliphatic rings. The first-order valence-electron chi connectivity index (χ1n) is 11.8. The molecule has 0 unspecified atom stereocenters. The molecule has 0 saturated carbocycles. The number of morpholine rings is 1. The van der Waals surface area contributed by atoms with Crippen molar-refractivity contribution in [3.63, 3.8) is 0 Å². The molecule has 7 heteroatoms. The van der Waals surface area contributed by atoms with E-state index in [1.807, 2.05) is 29.2 Å². The molecule has 1 aromatic rings. The van der Waals surface area contributed by atoms with Crippen LogP contribution in [0, 0.1) is 0 Å². The zero-order valence-electron chi connectivity index (χ0n) is 18.9. The van der Waals surface area contributed by atoms with Gasteiger partial charge in [-0.3, -0.25) is 14.5 Å². The number of benzene rings is 1. The molecule has 172 valence electrons. The molecule has 3 rings (SSSR count). The van der Waals surface area contributed by atoms with Crippen LogP contribution in [0.15, 0.2) is 24.3 Å². The Labute approximate surface area is 186 Å². The molecular weight excluding hydrogens is 394 g/mol. The lowest BCUT2D eigenvalue weighted by molar-refractivity contribution is -0.133. The van der Waals surface area contributed by atoms with Gasteiger partial charge >= 0.3 is 0 Å². The Balaban J connectivity index is 1.48. The summed E-state index contributed by atoms with van der Waals surface area (Å²) in [6.07, 6.45) is 6.09. The van der Waals surface area contributed by atoms with Gasteiger partial charge in [0.1, 0.15) is 5.75 Å². The number of hydrogen-bond acceptors (Lipinski definition) is 5. The molecule has 1 aromatic carbocycles. The molecule has 2 aliphatic heterocycles. The Morgan fingerprint density at radius 3 is 2.52 bits per heavy atom. The van der Waals surface area contributed by atoms with Crippen molar-refractivity contribution in [1.82, 2.24) is 9.80 Å². The van der Waals surface area contributed by atoms with Crippen LogP contribution in [-0.2, 0) is 14.3 Å². The van der Waals surface area contributed by atoms with Crippen molar-refractivity contribution in [2.24, 2.45) is 0 Å². The number of hydrogen-bond donors (Lipinski definition) is 0. The van der Waals surface area contributed by atoms with Crippen LogP contribution in [0.25, 0.3) is 0 Å². The van der Waals surface area contributed by atoms with Crippen LogP contribution < -0.4 is 9.64 Å². The number of nitrogens with zero attached hydrogens (tertiary/aromatic N) is 3. The Morgan fingerprint density at radius 1 is 1.06 bits per heavy atom. The van der Waals surface area contributed by atoms with E-state index < -0.39 is 0 Å². The van der Waals surface area contributed by atoms with Gasteiger partial charge in [0.25, 0.3) is 5.91 Å². The van der Waals surface area contributed by atoms with Crippen LogP contribution in [0.5, 0.6) is 5.75 Å². The number of amides is 2. The highest BCUT2D eigenvalue weighted by molar-refractivity contribution is 5.95. The van der Waals surface area contributed by atoms with Gasteiger partial charge in [-0.1, -0.05) is 26.2 Å². The number of ether oxygens (including phenoxy) is 2. The Kier molecular flexibility index (Phi) is 9.62. The van der Waals surface area contributed by atoms with Crippen molar-refractivity contribution >= 4 is 17.5 Å². The zero-order chi connectivity index (χ0) is 21.9. The van der Waals surface area contributed by atoms with Gasteiger partial charge in [-0.15, -0.1) is 0 Å². The minimum Gasteiger partial charge on any atom is -0.484 e. The van der Waals surface area contributed by atoms with Gasteiger partial charge in [-0.05, 0) is 37.1 Å². The van der Waals surface area contributed by atoms with Gasteiger partial charge < -0.3 is 19.3 Å². The maximum absolute atomic E-state index is 12.9. The van der Waals surface area contributed by atoms with Crippen molar-refractivity contribution in [3.8, 4) is 5.75 Å². The van der Waals surface area contributed by atoms with Crippen LogP contribution in [-0.4, -0.2) is 80.7 Å². The van der Waals surface area contributed by atoms with Gasteiger partial charge in [-0.25, -0.2) is 0 Å². The first kappa shape index (κ1) is 23.5. The lowest BCUT2D eigenvalue weighted by Crippen LogP contribution is -2.44. The Hall–Kier alpha value is -2.12. The second-order valence-corrected chi connectivity index (χ2v) is 8.33. The van der Waals surface area contributed by atoms with Gasteiger partial charge in [0.2, 0.25) is 5.91 Å². The van der Waals surface area contributed by atoms with E-state index in [-0.39, 0.29) is 18.4 Å². The van der Waals surface area contributed by atoms with Crippen LogP contribution >= 0.6 is 0 Å². The maximum Gasteiger partial charge on any atom is 0.260 e. The van der Waals surface area contributed by atoms with E-state index in [4.69, 9.17) is 9.47 Å². The summed E-state index contributed by atoms with van der Waals surface area (Å²) in [6.45, 7) is 8.79. The lowest BCUT2D eigenvalue weighted by atomic mass is 10.2. The predicted molar refractivity (Wildman–Crippen MR) is 122 cm³/mol. The molecular formula is C24H37N3O4. The molecule has 2 heterocycles. The number of unbranched alkanes of at least 4 members (excludes halogenated alkanes) is 3. The normalized spacial score (nSPS) is 17.2. The molecule has 0 radical (unpaired) electrons. The van der Waals surface area contributed by atoms with Crippen LogP contribution in [0.3, 0.4) is 0 Å². The van der Waals surface area contributed by atoms with Crippen molar-refractivity contribution in [2.75, 3.05) is 64.0 Å². The fourth-order valence-corrected chi connectivity index (χ4v) is 4.06. The summed E-state index contributed by atoms with van der Waals surface area (Å²) in [5.41, 5.74) is 0.893. The quantitative estimate of drug-likeness (QED) is 0.476. The summed E-state index contributed by atoms with van der Waals surface area (Å²) >= 11 is 0. The summed E-state index contributed by atoms with van der Waals surface area (Å²) in [5, 5.41) is 0. The number of carbonyl (C=O) groups excluding carboxylic acids is 2. The van der Waals surface area contributed by atoms with E-state index in [0.717, 1.165) is 77.4 Å². The molecule has 31 heavy (non-hydrogen) atoms. The third kappa shape index (κ3) is 7.51. The Bertz CT molecular complexity index is 689. The molecule has 0 spiro atoms. The monoisotopic (exact) mass is 431 g/mol. The van der Waals surface area contributed by atoms with Crippen LogP contribution in [0.4, 0.5) is 5.69 Å². The summed E-state index contributed by atoms with van der Waals surface area (Å²) in [4.78, 5) is 30.9. The second-order valence-electron chi connectivity index (χ2n) is 8.33. The van der Waals surface area contributed by atoms with E-state index >= 15 is 0 Å². The van der Waals surface area contributed by atoms with Crippen molar-refractivity contribution in [2.45, 2.75) is 45.4 Å². The molecule has 2 amide bonds. The molecule has 0 atom stereocenters. The van der Waals surface area contributed by atoms with E-state index in [9.17, 15) is 9.59 Å². The smallest absolute Gasteiger partial charge is 0.260 e. The molecule has 0 bridgehead atoms.